The Balaban J connectivity index is 3.27. The van der Waals surface area contributed by atoms with Gasteiger partial charge in [-0.1, -0.05) is 77.8 Å². The summed E-state index contributed by atoms with van der Waals surface area (Å²) in [7, 11) is -2.91. The minimum atomic E-state index is -1.45. The molecule has 1 heterocycles. The largest absolute Gasteiger partial charge is 0.443 e. The van der Waals surface area contributed by atoms with Gasteiger partial charge in [0.25, 0.3) is 0 Å². The van der Waals surface area contributed by atoms with Gasteiger partial charge in [0.05, 0.1) is 16.1 Å². The summed E-state index contributed by atoms with van der Waals surface area (Å²) >= 11 is 0. The van der Waals surface area contributed by atoms with Crippen molar-refractivity contribution in [2.75, 3.05) is 0 Å². The van der Waals surface area contributed by atoms with Crippen LogP contribution in [0.4, 0.5) is 4.79 Å². The maximum atomic E-state index is 12.7. The Bertz CT molecular complexity index is 427. The molecular weight excluding hydrogens is 368 g/mol. The summed E-state index contributed by atoms with van der Waals surface area (Å²) in [6, 6.07) is 7.77. The van der Waals surface area contributed by atoms with E-state index in [2.05, 4.69) is 52.0 Å². The van der Waals surface area contributed by atoms with E-state index >= 15 is 0 Å². The Morgan fingerprint density at radius 3 is 1.44 bits per heavy atom. The molecule has 27 heavy (non-hydrogen) atoms. The van der Waals surface area contributed by atoms with Crippen LogP contribution in [0.5, 0.6) is 0 Å². The van der Waals surface area contributed by atoms with Gasteiger partial charge >= 0.3 is 6.09 Å². The SMILES string of the molecule is CC[Si](CC)(CC)C1CCC([Si](CC)(CC)CC)N1NC(=O)OC(C)(C)C. The first-order valence-corrected chi connectivity index (χ1v) is 16.8. The van der Waals surface area contributed by atoms with Crippen LogP contribution in [-0.4, -0.2) is 44.2 Å². The lowest BCUT2D eigenvalue weighted by molar-refractivity contribution is 0.0316. The van der Waals surface area contributed by atoms with Crippen LogP contribution in [0.25, 0.3) is 0 Å². The monoisotopic (exact) mass is 414 g/mol. The molecule has 6 heteroatoms. The van der Waals surface area contributed by atoms with Crippen molar-refractivity contribution in [2.24, 2.45) is 0 Å². The molecule has 0 saturated carbocycles. The number of carbonyl (C=O) groups excluding carboxylic acids is 1. The quantitative estimate of drug-likeness (QED) is 0.447. The molecule has 1 fully saturated rings. The van der Waals surface area contributed by atoms with Crippen molar-refractivity contribution in [1.29, 1.82) is 0 Å². The van der Waals surface area contributed by atoms with Gasteiger partial charge in [-0.25, -0.2) is 9.80 Å². The van der Waals surface area contributed by atoms with Crippen molar-refractivity contribution in [2.45, 2.75) is 128 Å². The highest BCUT2D eigenvalue weighted by Crippen LogP contribution is 2.41. The normalized spacial score (nSPS) is 22.1. The van der Waals surface area contributed by atoms with Crippen LogP contribution in [0.3, 0.4) is 0 Å². The predicted octanol–water partition coefficient (Wildman–Crippen LogP) is 6.35. The molecule has 0 aliphatic carbocycles. The molecule has 4 nitrogen and oxygen atoms in total. The molecule has 1 amide bonds. The number of nitrogens with one attached hydrogen (secondary N) is 1. The highest BCUT2D eigenvalue weighted by molar-refractivity contribution is 6.83. The molecule has 0 bridgehead atoms. The number of hydrogen-bond acceptors (Lipinski definition) is 3. The fraction of sp³-hybridized carbons (Fsp3) is 0.952. The van der Waals surface area contributed by atoms with Gasteiger partial charge in [-0.05, 0) is 33.6 Å². The van der Waals surface area contributed by atoms with E-state index in [4.69, 9.17) is 4.74 Å². The third-order valence-electron chi connectivity index (χ3n) is 7.64. The average molecular weight is 415 g/mol. The van der Waals surface area contributed by atoms with Gasteiger partial charge < -0.3 is 4.74 Å². The van der Waals surface area contributed by atoms with Crippen LogP contribution in [-0.2, 0) is 4.74 Å². The molecule has 0 aromatic carbocycles. The van der Waals surface area contributed by atoms with Crippen molar-refractivity contribution >= 4 is 22.2 Å². The van der Waals surface area contributed by atoms with E-state index in [1.54, 1.807) is 0 Å². The van der Waals surface area contributed by atoms with E-state index in [-0.39, 0.29) is 6.09 Å². The molecule has 2 unspecified atom stereocenters. The molecule has 1 N–H and O–H groups in total. The first kappa shape index (κ1) is 24.7. The van der Waals surface area contributed by atoms with Crippen LogP contribution >= 0.6 is 0 Å². The zero-order valence-corrected chi connectivity index (χ0v) is 21.6. The maximum absolute atomic E-state index is 12.7. The third kappa shape index (κ3) is 5.38. The van der Waals surface area contributed by atoms with Crippen molar-refractivity contribution in [3.8, 4) is 0 Å². The second-order valence-corrected chi connectivity index (χ2v) is 20.5. The van der Waals surface area contributed by atoms with Crippen LogP contribution < -0.4 is 5.43 Å². The van der Waals surface area contributed by atoms with Crippen LogP contribution in [0.2, 0.25) is 36.3 Å². The molecule has 1 saturated heterocycles. The second kappa shape index (κ2) is 9.92. The first-order valence-electron chi connectivity index (χ1n) is 11.4. The fourth-order valence-corrected chi connectivity index (χ4v) is 14.7. The van der Waals surface area contributed by atoms with E-state index < -0.39 is 21.7 Å². The third-order valence-corrected chi connectivity index (χ3v) is 20.1. The average Bonchev–Trinajstić information content (AvgIpc) is 3.02. The Morgan fingerprint density at radius 2 is 1.19 bits per heavy atom. The lowest BCUT2D eigenvalue weighted by Crippen LogP contribution is -2.65. The summed E-state index contributed by atoms with van der Waals surface area (Å²) in [4.78, 5) is 12.7. The Kier molecular flexibility index (Phi) is 9.08. The lowest BCUT2D eigenvalue weighted by atomic mass is 10.2. The summed E-state index contributed by atoms with van der Waals surface area (Å²) < 4.78 is 5.66. The van der Waals surface area contributed by atoms with E-state index in [0.29, 0.717) is 11.3 Å². The smallest absolute Gasteiger partial charge is 0.422 e. The van der Waals surface area contributed by atoms with Gasteiger partial charge in [0.1, 0.15) is 5.60 Å². The number of rotatable bonds is 9. The fourth-order valence-electron chi connectivity index (χ4n) is 5.49. The van der Waals surface area contributed by atoms with Gasteiger partial charge in [0.2, 0.25) is 0 Å². The molecule has 1 aliphatic rings. The number of nitrogens with zero attached hydrogens (tertiary/aromatic N) is 1. The highest BCUT2D eigenvalue weighted by Gasteiger charge is 2.52. The van der Waals surface area contributed by atoms with E-state index in [1.807, 2.05) is 20.8 Å². The molecule has 2 atom stereocenters. The Hall–Kier alpha value is -0.336. The summed E-state index contributed by atoms with van der Waals surface area (Å²) in [5.41, 5.74) is 3.93. The number of carbonyl (C=O) groups is 1. The Morgan fingerprint density at radius 1 is 0.852 bits per heavy atom. The molecule has 0 aromatic heterocycles. The Labute approximate surface area is 170 Å². The number of hydrazine groups is 1. The molecule has 0 spiro atoms. The zero-order chi connectivity index (χ0) is 20.9. The van der Waals surface area contributed by atoms with Gasteiger partial charge in [-0.15, -0.1) is 0 Å². The minimum absolute atomic E-state index is 0.267. The van der Waals surface area contributed by atoms with Crippen molar-refractivity contribution < 1.29 is 9.53 Å². The summed E-state index contributed by atoms with van der Waals surface area (Å²) in [6.07, 6.45) is 2.23. The standard InChI is InChI=1S/C21H46N2O2Si2/c1-10-26(11-2,12-3)18-16-17-19(27(13-4,14-5)15-6)23(18)22-20(24)25-21(7,8)9/h18-19H,10-17H2,1-9H3,(H,22,24). The van der Waals surface area contributed by atoms with Crippen LogP contribution in [0.1, 0.15) is 75.2 Å². The first-order chi connectivity index (χ1) is 12.6. The number of amides is 1. The van der Waals surface area contributed by atoms with Crippen molar-refractivity contribution in [3.63, 3.8) is 0 Å². The molecule has 0 radical (unpaired) electrons. The van der Waals surface area contributed by atoms with Crippen LogP contribution in [0.15, 0.2) is 0 Å². The lowest BCUT2D eigenvalue weighted by Gasteiger charge is -2.46. The van der Waals surface area contributed by atoms with Gasteiger partial charge in [-0.2, -0.15) is 0 Å². The maximum Gasteiger partial charge on any atom is 0.422 e. The number of hydrogen-bond donors (Lipinski definition) is 1. The summed E-state index contributed by atoms with van der Waals surface area (Å²) in [5, 5.41) is 2.46. The van der Waals surface area contributed by atoms with Crippen molar-refractivity contribution in [1.82, 2.24) is 10.4 Å². The molecular formula is C21H46N2O2Si2. The van der Waals surface area contributed by atoms with Gasteiger partial charge in [0, 0.05) is 11.3 Å². The molecule has 1 rings (SSSR count). The second-order valence-electron chi connectivity index (χ2n) is 9.48. The topological polar surface area (TPSA) is 41.6 Å². The van der Waals surface area contributed by atoms with Crippen LogP contribution in [0, 0.1) is 0 Å². The van der Waals surface area contributed by atoms with Crippen molar-refractivity contribution in [3.05, 3.63) is 0 Å². The van der Waals surface area contributed by atoms with Gasteiger partial charge in [0.15, 0.2) is 0 Å². The summed E-state index contributed by atoms with van der Waals surface area (Å²) in [6.45, 7) is 20.1. The molecule has 1 aliphatic heterocycles. The minimum Gasteiger partial charge on any atom is -0.443 e. The predicted molar refractivity (Wildman–Crippen MR) is 122 cm³/mol. The van der Waals surface area contributed by atoms with E-state index in [9.17, 15) is 4.79 Å². The molecule has 0 aromatic rings. The highest BCUT2D eigenvalue weighted by atomic mass is 28.3. The number of ether oxygens (including phenoxy) is 1. The molecule has 160 valence electrons. The van der Waals surface area contributed by atoms with Gasteiger partial charge in [-0.3, -0.25) is 5.43 Å². The van der Waals surface area contributed by atoms with E-state index in [1.165, 1.54) is 49.1 Å². The zero-order valence-electron chi connectivity index (χ0n) is 19.6. The van der Waals surface area contributed by atoms with E-state index in [0.717, 1.165) is 0 Å². The summed E-state index contributed by atoms with van der Waals surface area (Å²) in [5.74, 6) is 0.